The Bertz CT molecular complexity index is 1140. The van der Waals surface area contributed by atoms with Crippen molar-refractivity contribution in [1.29, 1.82) is 0 Å². The van der Waals surface area contributed by atoms with E-state index in [4.69, 9.17) is 0 Å². The van der Waals surface area contributed by atoms with E-state index in [1.54, 1.807) is 0 Å². The molecule has 1 saturated heterocycles. The van der Waals surface area contributed by atoms with Crippen LogP contribution in [0, 0.1) is 46.3 Å². The van der Waals surface area contributed by atoms with Gasteiger partial charge in [0, 0.05) is 25.3 Å². The van der Waals surface area contributed by atoms with E-state index in [-0.39, 0.29) is 71.0 Å². The molecule has 254 valence electrons. The first kappa shape index (κ1) is 35.6. The number of carbonyl (C=O) groups is 1. The van der Waals surface area contributed by atoms with Crippen molar-refractivity contribution < 1.29 is 44.1 Å². The molecule has 1 aromatic carbocycles. The van der Waals surface area contributed by atoms with Crippen LogP contribution in [0.15, 0.2) is 30.3 Å². The number of rotatable bonds is 8. The molecule has 0 unspecified atom stereocenters. The van der Waals surface area contributed by atoms with Crippen LogP contribution in [0.4, 0.5) is 5.69 Å². The highest BCUT2D eigenvalue weighted by Gasteiger charge is 2.65. The van der Waals surface area contributed by atoms with Gasteiger partial charge in [0.2, 0.25) is 5.91 Å². The van der Waals surface area contributed by atoms with Gasteiger partial charge in [0.05, 0.1) is 37.9 Å². The summed E-state index contributed by atoms with van der Waals surface area (Å²) in [5, 5.41) is 37.2. The lowest BCUT2D eigenvalue weighted by Gasteiger charge is -2.63. The fourth-order valence-electron chi connectivity index (χ4n) is 12.0. The van der Waals surface area contributed by atoms with Crippen LogP contribution in [0.25, 0.3) is 0 Å². The number of benzene rings is 1. The second-order valence-electron chi connectivity index (χ2n) is 16.5. The summed E-state index contributed by atoms with van der Waals surface area (Å²) < 4.78 is 1.03. The Morgan fingerprint density at radius 1 is 0.978 bits per heavy atom. The van der Waals surface area contributed by atoms with Gasteiger partial charge in [-0.3, -0.25) is 9.28 Å². The minimum atomic E-state index is -0.375. The molecule has 5 aliphatic rings. The molecule has 1 aromatic rings. The van der Waals surface area contributed by atoms with Crippen molar-refractivity contribution in [2.24, 2.45) is 46.3 Å². The van der Waals surface area contributed by atoms with Gasteiger partial charge in [-0.2, -0.15) is 0 Å². The number of carbonyl (C=O) groups excluding carboxylic acids is 1. The summed E-state index contributed by atoms with van der Waals surface area (Å²) in [5.41, 5.74) is 1.29. The molecule has 0 spiro atoms. The van der Waals surface area contributed by atoms with Gasteiger partial charge in [0.15, 0.2) is 0 Å². The van der Waals surface area contributed by atoms with Gasteiger partial charge in [-0.1, -0.05) is 45.9 Å². The zero-order valence-electron chi connectivity index (χ0n) is 28.3. The van der Waals surface area contributed by atoms with Gasteiger partial charge in [-0.15, -0.1) is 0 Å². The molecule has 6 nitrogen and oxygen atoms in total. The molecule has 4 aliphatic carbocycles. The maximum atomic E-state index is 13.2. The van der Waals surface area contributed by atoms with E-state index < -0.39 is 0 Å². The Hall–Kier alpha value is -0.740. The highest BCUT2D eigenvalue weighted by atomic mass is 127. The van der Waals surface area contributed by atoms with Crippen LogP contribution in [0.1, 0.15) is 105 Å². The summed E-state index contributed by atoms with van der Waals surface area (Å²) in [5.74, 6) is 2.14. The number of halogens is 1. The summed E-state index contributed by atoms with van der Waals surface area (Å²) >= 11 is 0. The van der Waals surface area contributed by atoms with Crippen molar-refractivity contribution in [1.82, 2.24) is 9.80 Å². The average molecular weight is 737 g/mol. The molecule has 6 rings (SSSR count). The van der Waals surface area contributed by atoms with Gasteiger partial charge < -0.3 is 44.6 Å². The Labute approximate surface area is 289 Å². The van der Waals surface area contributed by atoms with Crippen LogP contribution in [-0.2, 0) is 4.79 Å². The van der Waals surface area contributed by atoms with E-state index >= 15 is 0 Å². The average Bonchev–Trinajstić information content (AvgIpc) is 3.37. The normalized spacial score (nSPS) is 44.9. The second-order valence-corrected chi connectivity index (χ2v) is 16.5. The summed E-state index contributed by atoms with van der Waals surface area (Å²) in [4.78, 5) is 13.2. The third kappa shape index (κ3) is 6.40. The SMILES string of the molecule is CCC[N+]1(c2ccccc2)CCC(NC(=O)CC[C@@H](C)[C@H]2CC[C@H]3[C@@H]4[C@H](O)C[C@@H]5C[C@H](O)CC[C@]5(C)[C@H]4C[C@H](O)[C@]23C)CC1.[I-]. The van der Waals surface area contributed by atoms with Crippen LogP contribution in [0.2, 0.25) is 0 Å². The summed E-state index contributed by atoms with van der Waals surface area (Å²) in [6.45, 7) is 12.6. The van der Waals surface area contributed by atoms with Gasteiger partial charge in [-0.25, -0.2) is 0 Å². The van der Waals surface area contributed by atoms with Crippen molar-refractivity contribution in [2.45, 2.75) is 129 Å². The molecule has 5 fully saturated rings. The Morgan fingerprint density at radius 2 is 1.69 bits per heavy atom. The number of hydrogen-bond acceptors (Lipinski definition) is 4. The first-order valence-corrected chi connectivity index (χ1v) is 18.3. The van der Waals surface area contributed by atoms with Crippen molar-refractivity contribution in [2.75, 3.05) is 19.6 Å². The Balaban J connectivity index is 0.00000400. The molecule has 45 heavy (non-hydrogen) atoms. The maximum Gasteiger partial charge on any atom is 0.220 e. The van der Waals surface area contributed by atoms with E-state index in [9.17, 15) is 20.1 Å². The number of amides is 1. The van der Waals surface area contributed by atoms with E-state index in [0.717, 1.165) is 94.7 Å². The molecule has 4 N–H and O–H groups in total. The number of hydrogen-bond donors (Lipinski definition) is 4. The molecular formula is C38H61IN2O4. The lowest BCUT2D eigenvalue weighted by molar-refractivity contribution is -0.207. The molecule has 0 aromatic heterocycles. The molecule has 0 bridgehead atoms. The third-order valence-corrected chi connectivity index (χ3v) is 14.5. The number of para-hydroxylation sites is 1. The number of quaternary nitrogens is 1. The number of likely N-dealkylation sites (tertiary alicyclic amines) is 1. The van der Waals surface area contributed by atoms with E-state index in [1.165, 1.54) is 5.69 Å². The van der Waals surface area contributed by atoms with E-state index in [0.29, 0.717) is 36.0 Å². The molecule has 7 heteroatoms. The standard InChI is InChI=1S/C38H60N2O4.HI/c1-5-19-40(28-9-7-6-8-10-28)20-16-27(17-21-40)39-35(44)14-11-25(2)30-12-13-31-36-32(24-34(43)38(30,31)4)37(3)18-15-29(41)22-26(37)23-33(36)42;/h6-10,25-27,29-34,36,41-43H,5,11-24H2,1-4H3;1H/t25-,26+,27?,29-,30-,31+,32+,33-,34+,36+,37+,38-,40?;/m1./s1. The minimum Gasteiger partial charge on any atom is -1.00 e. The number of piperidine rings is 1. The van der Waals surface area contributed by atoms with Gasteiger partial charge in [0.1, 0.15) is 5.69 Å². The number of nitrogens with zero attached hydrogens (tertiary/aromatic N) is 1. The highest BCUT2D eigenvalue weighted by Crippen LogP contribution is 2.68. The third-order valence-electron chi connectivity index (χ3n) is 14.5. The quantitative estimate of drug-likeness (QED) is 0.244. The molecule has 11 atom stereocenters. The lowest BCUT2D eigenvalue weighted by Crippen LogP contribution is -3.00. The summed E-state index contributed by atoms with van der Waals surface area (Å²) in [6, 6.07) is 11.2. The topological polar surface area (TPSA) is 89.8 Å². The molecule has 1 heterocycles. The number of aliphatic hydroxyl groups is 3. The van der Waals surface area contributed by atoms with Crippen molar-refractivity contribution in [3.05, 3.63) is 30.3 Å². The van der Waals surface area contributed by atoms with Crippen LogP contribution >= 0.6 is 0 Å². The predicted octanol–water partition coefficient (Wildman–Crippen LogP) is 3.06. The monoisotopic (exact) mass is 736 g/mol. The Kier molecular flexibility index (Phi) is 11.1. The second kappa shape index (κ2) is 14.0. The smallest absolute Gasteiger partial charge is 0.220 e. The van der Waals surface area contributed by atoms with Crippen molar-refractivity contribution >= 4 is 11.6 Å². The zero-order valence-corrected chi connectivity index (χ0v) is 30.5. The Morgan fingerprint density at radius 3 is 2.38 bits per heavy atom. The maximum absolute atomic E-state index is 13.2. The van der Waals surface area contributed by atoms with Crippen LogP contribution in [-0.4, -0.2) is 65.2 Å². The van der Waals surface area contributed by atoms with Gasteiger partial charge in [-0.05, 0) is 116 Å². The minimum absolute atomic E-state index is 0. The van der Waals surface area contributed by atoms with Gasteiger partial charge >= 0.3 is 0 Å². The summed E-state index contributed by atoms with van der Waals surface area (Å²) in [7, 11) is 0. The fraction of sp³-hybridized carbons (Fsp3) is 0.816. The van der Waals surface area contributed by atoms with Crippen LogP contribution < -0.4 is 33.8 Å². The molecule has 1 aliphatic heterocycles. The first-order chi connectivity index (χ1) is 21.0. The molecular weight excluding hydrogens is 675 g/mol. The van der Waals surface area contributed by atoms with Crippen LogP contribution in [0.3, 0.4) is 0 Å². The number of aliphatic hydroxyl groups excluding tert-OH is 3. The highest BCUT2D eigenvalue weighted by molar-refractivity contribution is 5.76. The first-order valence-electron chi connectivity index (χ1n) is 18.3. The number of nitrogens with one attached hydrogen (secondary N) is 1. The van der Waals surface area contributed by atoms with E-state index in [1.807, 2.05) is 0 Å². The van der Waals surface area contributed by atoms with Crippen molar-refractivity contribution in [3.8, 4) is 0 Å². The molecule has 1 amide bonds. The van der Waals surface area contributed by atoms with Crippen LogP contribution in [0.5, 0.6) is 0 Å². The largest absolute Gasteiger partial charge is 1.00 e. The lowest BCUT2D eigenvalue weighted by atomic mass is 9.43. The zero-order chi connectivity index (χ0) is 31.3. The molecule has 0 radical (unpaired) electrons. The number of fused-ring (bicyclic) bond motifs is 5. The summed E-state index contributed by atoms with van der Waals surface area (Å²) in [6.07, 6.45) is 10.00. The predicted molar refractivity (Wildman–Crippen MR) is 177 cm³/mol. The van der Waals surface area contributed by atoms with Gasteiger partial charge in [0.25, 0.3) is 0 Å². The van der Waals surface area contributed by atoms with Crippen molar-refractivity contribution in [3.63, 3.8) is 0 Å². The molecule has 4 saturated carbocycles. The fourth-order valence-corrected chi connectivity index (χ4v) is 12.0. The van der Waals surface area contributed by atoms with E-state index in [2.05, 4.69) is 63.3 Å².